The van der Waals surface area contributed by atoms with Crippen molar-refractivity contribution in [2.75, 3.05) is 5.32 Å². The zero-order valence-corrected chi connectivity index (χ0v) is 12.3. The number of hydrogen-bond acceptors (Lipinski definition) is 3. The Hall–Kier alpha value is -1.85. The fourth-order valence-corrected chi connectivity index (χ4v) is 2.57. The number of rotatable bonds is 4. The number of nitrogens with two attached hydrogens (primary N) is 1. The second kappa shape index (κ2) is 5.65. The highest BCUT2D eigenvalue weighted by atomic mass is 32.1. The number of amides is 2. The number of anilines is 1. The van der Waals surface area contributed by atoms with Gasteiger partial charge in [-0.05, 0) is 19.4 Å². The summed E-state index contributed by atoms with van der Waals surface area (Å²) in [5.41, 5.74) is 4.72. The molecular weight excluding hydrogens is 357 g/mol. The van der Waals surface area contributed by atoms with Crippen LogP contribution in [0.2, 0.25) is 0 Å². The smallest absolute Gasteiger partial charge is 0.365 e. The van der Waals surface area contributed by atoms with Gasteiger partial charge in [0.1, 0.15) is 5.00 Å². The maximum atomic E-state index is 13.2. The minimum absolute atomic E-state index is 0.184. The van der Waals surface area contributed by atoms with Crippen LogP contribution >= 0.6 is 11.3 Å². The summed E-state index contributed by atoms with van der Waals surface area (Å²) in [6.45, 7) is 2.74. The van der Waals surface area contributed by atoms with Gasteiger partial charge in [-0.3, -0.25) is 9.59 Å². The Balaban J connectivity index is 3.24. The van der Waals surface area contributed by atoms with Gasteiger partial charge in [0, 0.05) is 4.88 Å². The van der Waals surface area contributed by atoms with Crippen LogP contribution in [0.4, 0.5) is 35.7 Å². The molecule has 2 amide bonds. The molecule has 23 heavy (non-hydrogen) atoms. The topological polar surface area (TPSA) is 72.2 Å². The van der Waals surface area contributed by atoms with Crippen molar-refractivity contribution in [2.45, 2.75) is 31.9 Å². The van der Waals surface area contributed by atoms with Gasteiger partial charge in [-0.2, -0.15) is 30.7 Å². The van der Waals surface area contributed by atoms with Gasteiger partial charge in [-0.25, -0.2) is 0 Å². The highest BCUT2D eigenvalue weighted by Crippen LogP contribution is 2.47. The van der Waals surface area contributed by atoms with Crippen molar-refractivity contribution in [3.05, 3.63) is 16.0 Å². The average Bonchev–Trinajstić information content (AvgIpc) is 2.62. The Morgan fingerprint density at radius 1 is 1.04 bits per heavy atom. The SMILES string of the molecule is Cc1sc(NC(=O)C(F)(F)C(F)(F)C(F)(F)F)c(C(N)=O)c1C. The van der Waals surface area contributed by atoms with Gasteiger partial charge in [-0.1, -0.05) is 0 Å². The summed E-state index contributed by atoms with van der Waals surface area (Å²) in [6, 6.07) is 0. The maximum absolute atomic E-state index is 13.2. The number of thiophene rings is 1. The van der Waals surface area contributed by atoms with Crippen molar-refractivity contribution >= 4 is 28.2 Å². The van der Waals surface area contributed by atoms with E-state index >= 15 is 0 Å². The van der Waals surface area contributed by atoms with Gasteiger partial charge < -0.3 is 11.1 Å². The lowest BCUT2D eigenvalue weighted by Crippen LogP contribution is -2.57. The summed E-state index contributed by atoms with van der Waals surface area (Å²) in [4.78, 5) is 22.8. The van der Waals surface area contributed by atoms with E-state index in [1.54, 1.807) is 0 Å². The first-order valence-electron chi connectivity index (χ1n) is 5.68. The molecule has 0 atom stereocenters. The largest absolute Gasteiger partial charge is 0.460 e. The molecule has 0 fully saturated rings. The molecule has 0 aliphatic heterocycles. The molecule has 1 heterocycles. The van der Waals surface area contributed by atoms with Crippen LogP contribution in [0.15, 0.2) is 0 Å². The van der Waals surface area contributed by atoms with E-state index in [1.807, 2.05) is 0 Å². The van der Waals surface area contributed by atoms with Gasteiger partial charge in [0.2, 0.25) is 0 Å². The maximum Gasteiger partial charge on any atom is 0.460 e. The summed E-state index contributed by atoms with van der Waals surface area (Å²) >= 11 is 0.540. The van der Waals surface area contributed by atoms with Crippen LogP contribution in [0.1, 0.15) is 20.8 Å². The molecule has 3 N–H and O–H groups in total. The summed E-state index contributed by atoms with van der Waals surface area (Å²) in [5, 5.41) is 0.591. The fraction of sp³-hybridized carbons (Fsp3) is 0.455. The molecule has 1 aromatic rings. The molecule has 1 rings (SSSR count). The predicted octanol–water partition coefficient (Wildman–Crippen LogP) is 3.24. The minimum Gasteiger partial charge on any atom is -0.365 e. The third-order valence-electron chi connectivity index (χ3n) is 2.89. The van der Waals surface area contributed by atoms with E-state index in [1.165, 1.54) is 19.2 Å². The Bertz CT molecular complexity index is 652. The molecule has 0 saturated carbocycles. The number of hydrogen-bond donors (Lipinski definition) is 2. The van der Waals surface area contributed by atoms with Crippen molar-refractivity contribution in [3.63, 3.8) is 0 Å². The zero-order valence-electron chi connectivity index (χ0n) is 11.4. The summed E-state index contributed by atoms with van der Waals surface area (Å²) < 4.78 is 88.1. The predicted molar refractivity (Wildman–Crippen MR) is 66.9 cm³/mol. The number of nitrogens with one attached hydrogen (secondary N) is 1. The number of aryl methyl sites for hydroxylation is 1. The standard InChI is InChI=1S/C11H9F7N2O2S/c1-3-4(2)23-7(5(3)6(19)21)20-8(22)9(12,13)10(14,15)11(16,17)18/h1-2H3,(H2,19,21)(H,20,22). The van der Waals surface area contributed by atoms with Crippen LogP contribution in [0.3, 0.4) is 0 Å². The Morgan fingerprint density at radius 3 is 1.91 bits per heavy atom. The van der Waals surface area contributed by atoms with Gasteiger partial charge in [0.05, 0.1) is 5.56 Å². The zero-order chi connectivity index (χ0) is 18.4. The molecule has 0 radical (unpaired) electrons. The van der Waals surface area contributed by atoms with Gasteiger partial charge >= 0.3 is 23.9 Å². The minimum atomic E-state index is -6.64. The first kappa shape index (κ1) is 19.2. The number of primary amides is 1. The fourth-order valence-electron chi connectivity index (χ4n) is 1.51. The Labute approximate surface area is 128 Å². The van der Waals surface area contributed by atoms with Crippen molar-refractivity contribution in [1.82, 2.24) is 0 Å². The monoisotopic (exact) mass is 366 g/mol. The highest BCUT2D eigenvalue weighted by molar-refractivity contribution is 7.16. The third kappa shape index (κ3) is 3.12. The molecular formula is C11H9F7N2O2S. The molecule has 0 bridgehead atoms. The molecule has 12 heteroatoms. The number of alkyl halides is 7. The van der Waals surface area contributed by atoms with Crippen molar-refractivity contribution < 1.29 is 40.3 Å². The van der Waals surface area contributed by atoms with Crippen LogP contribution in [0.25, 0.3) is 0 Å². The molecule has 0 aliphatic rings. The van der Waals surface area contributed by atoms with E-state index in [-0.39, 0.29) is 5.56 Å². The van der Waals surface area contributed by atoms with E-state index in [0.717, 1.165) is 0 Å². The van der Waals surface area contributed by atoms with Crippen molar-refractivity contribution in [2.24, 2.45) is 5.73 Å². The lowest BCUT2D eigenvalue weighted by Gasteiger charge is -2.26. The number of carbonyl (C=O) groups is 2. The van der Waals surface area contributed by atoms with Gasteiger partial charge in [0.15, 0.2) is 0 Å². The van der Waals surface area contributed by atoms with Crippen molar-refractivity contribution in [3.8, 4) is 0 Å². The second-order valence-electron chi connectivity index (χ2n) is 4.45. The molecule has 0 saturated heterocycles. The van der Waals surface area contributed by atoms with Crippen LogP contribution in [-0.2, 0) is 4.79 Å². The first-order valence-corrected chi connectivity index (χ1v) is 6.49. The number of carbonyl (C=O) groups excluding carboxylic acids is 2. The average molecular weight is 366 g/mol. The summed E-state index contributed by atoms with van der Waals surface area (Å²) in [6.07, 6.45) is -6.64. The Kier molecular flexibility index (Phi) is 4.72. The van der Waals surface area contributed by atoms with Crippen molar-refractivity contribution in [1.29, 1.82) is 0 Å². The lowest BCUT2D eigenvalue weighted by molar-refractivity contribution is -0.343. The highest BCUT2D eigenvalue weighted by Gasteiger charge is 2.76. The quantitative estimate of drug-likeness (QED) is 0.803. The van der Waals surface area contributed by atoms with Gasteiger partial charge in [-0.15, -0.1) is 11.3 Å². The van der Waals surface area contributed by atoms with E-state index in [2.05, 4.69) is 0 Å². The van der Waals surface area contributed by atoms with E-state index < -0.39 is 40.4 Å². The van der Waals surface area contributed by atoms with Crippen LogP contribution < -0.4 is 11.1 Å². The molecule has 4 nitrogen and oxygen atoms in total. The Morgan fingerprint density at radius 2 is 1.52 bits per heavy atom. The first-order chi connectivity index (χ1) is 10.1. The molecule has 0 aromatic carbocycles. The molecule has 0 spiro atoms. The summed E-state index contributed by atoms with van der Waals surface area (Å²) in [7, 11) is 0. The van der Waals surface area contributed by atoms with Gasteiger partial charge in [0.25, 0.3) is 5.91 Å². The third-order valence-corrected chi connectivity index (χ3v) is 4.02. The van der Waals surface area contributed by atoms with E-state index in [9.17, 15) is 40.3 Å². The second-order valence-corrected chi connectivity index (χ2v) is 5.68. The number of halogens is 7. The van der Waals surface area contributed by atoms with E-state index in [0.29, 0.717) is 16.2 Å². The molecule has 1 aromatic heterocycles. The lowest BCUT2D eigenvalue weighted by atomic mass is 10.1. The molecule has 0 unspecified atom stereocenters. The normalized spacial score (nSPS) is 13.1. The molecule has 0 aliphatic carbocycles. The molecule has 130 valence electrons. The van der Waals surface area contributed by atoms with Crippen LogP contribution in [-0.4, -0.2) is 29.8 Å². The van der Waals surface area contributed by atoms with E-state index in [4.69, 9.17) is 5.73 Å². The van der Waals surface area contributed by atoms with Crippen LogP contribution in [0.5, 0.6) is 0 Å². The van der Waals surface area contributed by atoms with Crippen LogP contribution in [0, 0.1) is 13.8 Å². The summed E-state index contributed by atoms with van der Waals surface area (Å²) in [5.74, 6) is -16.7.